The van der Waals surface area contributed by atoms with E-state index in [0.29, 0.717) is 0 Å². The van der Waals surface area contributed by atoms with Crippen LogP contribution >= 0.6 is 0 Å². The predicted octanol–water partition coefficient (Wildman–Crippen LogP) is 19.5. The van der Waals surface area contributed by atoms with Crippen LogP contribution in [0.15, 0.2) is 182 Å². The van der Waals surface area contributed by atoms with Crippen molar-refractivity contribution in [2.45, 2.75) is 145 Å². The second-order valence-electron chi connectivity index (χ2n) is 10.6. The molecule has 0 aliphatic carbocycles. The van der Waals surface area contributed by atoms with Gasteiger partial charge in [0.25, 0.3) is 0 Å². The minimum absolute atomic E-state index is 1.25. The van der Waals surface area contributed by atoms with Crippen molar-refractivity contribution in [3.05, 3.63) is 215 Å². The second-order valence-corrected chi connectivity index (χ2v) is 10.6. The SMILES string of the molecule is CC.CC.CC.CC.CC.CC.CCC.Cc1ccccc1.Cc1ccccc1.Cc1ccccc1.Cc1ccccc1.Cc1ccccc1.Cc1ccccc1. The molecule has 6 aromatic carbocycles. The van der Waals surface area contributed by atoms with E-state index in [-0.39, 0.29) is 0 Å². The normalized spacial score (nSPS) is 7.37. The highest BCUT2D eigenvalue weighted by Crippen LogP contribution is 1.95. The molecule has 0 atom stereocenters. The van der Waals surface area contributed by atoms with E-state index in [1.165, 1.54) is 39.8 Å². The molecule has 320 valence electrons. The number of hydrogen-bond acceptors (Lipinski definition) is 0. The standard InChI is InChI=1S/6C7H8.C3H8.6C2H6/c6*1-7-5-3-2-4-6-7;1-3-2;6*1-2/h6*2-6H,1H3;3H2,1-2H3;6*1-2H3. The minimum atomic E-state index is 1.25. The van der Waals surface area contributed by atoms with Crippen molar-refractivity contribution in [1.29, 1.82) is 0 Å². The summed E-state index contributed by atoms with van der Waals surface area (Å²) in [7, 11) is 0. The summed E-state index contributed by atoms with van der Waals surface area (Å²) in [5, 5.41) is 0. The molecule has 57 heavy (non-hydrogen) atoms. The fourth-order valence-corrected chi connectivity index (χ4v) is 3.21. The topological polar surface area (TPSA) is 0 Å². The molecule has 0 spiro atoms. The first-order chi connectivity index (χ1) is 27.8. The van der Waals surface area contributed by atoms with Gasteiger partial charge in [-0.25, -0.2) is 0 Å². The zero-order valence-corrected chi connectivity index (χ0v) is 41.0. The smallest absolute Gasteiger partial charge is 0.0398 e. The Morgan fingerprint density at radius 2 is 0.263 bits per heavy atom. The summed E-state index contributed by atoms with van der Waals surface area (Å²) in [5.74, 6) is 0. The minimum Gasteiger partial charge on any atom is -0.0683 e. The van der Waals surface area contributed by atoms with Crippen LogP contribution in [-0.4, -0.2) is 0 Å². The van der Waals surface area contributed by atoms with Crippen LogP contribution in [0.5, 0.6) is 0 Å². The zero-order valence-electron chi connectivity index (χ0n) is 41.0. The van der Waals surface area contributed by atoms with Crippen LogP contribution in [0.4, 0.5) is 0 Å². The maximum Gasteiger partial charge on any atom is -0.0398 e. The fraction of sp³-hybridized carbons (Fsp3) is 0.368. The van der Waals surface area contributed by atoms with Crippen molar-refractivity contribution in [3.63, 3.8) is 0 Å². The van der Waals surface area contributed by atoms with Gasteiger partial charge in [-0.2, -0.15) is 0 Å². The Morgan fingerprint density at radius 1 is 0.193 bits per heavy atom. The summed E-state index contributed by atoms with van der Waals surface area (Å²) in [6.07, 6.45) is 1.25. The predicted molar refractivity (Wildman–Crippen MR) is 271 cm³/mol. The Balaban J connectivity index is -0.0000000986. The summed E-state index contributed by atoms with van der Waals surface area (Å²) >= 11 is 0. The molecular weight excluding hydrogens is 685 g/mol. The lowest BCUT2D eigenvalue weighted by molar-refractivity contribution is 1.09. The summed E-state index contributed by atoms with van der Waals surface area (Å²) in [6.45, 7) is 40.8. The van der Waals surface area contributed by atoms with Crippen molar-refractivity contribution in [3.8, 4) is 0 Å². The fourth-order valence-electron chi connectivity index (χ4n) is 3.21. The third-order valence-electron chi connectivity index (χ3n) is 5.64. The second kappa shape index (κ2) is 66.2. The average Bonchev–Trinajstić information content (AvgIpc) is 3.28. The molecule has 6 rings (SSSR count). The van der Waals surface area contributed by atoms with Crippen LogP contribution in [0, 0.1) is 41.5 Å². The molecule has 0 saturated heterocycles. The molecular formula is C57H92. The van der Waals surface area contributed by atoms with Gasteiger partial charge in [0.1, 0.15) is 0 Å². The van der Waals surface area contributed by atoms with E-state index in [1.807, 2.05) is 192 Å². The molecule has 0 saturated carbocycles. The molecule has 0 unspecified atom stereocenters. The molecule has 0 radical (unpaired) electrons. The molecule has 0 N–H and O–H groups in total. The highest BCUT2D eigenvalue weighted by molar-refractivity contribution is 5.14. The van der Waals surface area contributed by atoms with E-state index in [0.717, 1.165) is 0 Å². The quantitative estimate of drug-likeness (QED) is 0.144. The molecule has 0 bridgehead atoms. The molecule has 0 fully saturated rings. The molecule has 0 aliphatic rings. The Hall–Kier alpha value is -4.68. The van der Waals surface area contributed by atoms with Gasteiger partial charge in [0.15, 0.2) is 0 Å². The Bertz CT molecular complexity index is 1090. The Morgan fingerprint density at radius 3 is 0.298 bits per heavy atom. The van der Waals surface area contributed by atoms with Crippen LogP contribution in [0.1, 0.15) is 137 Å². The summed E-state index contributed by atoms with van der Waals surface area (Å²) < 4.78 is 0. The number of benzene rings is 6. The van der Waals surface area contributed by atoms with Gasteiger partial charge in [-0.05, 0) is 41.5 Å². The monoisotopic (exact) mass is 777 g/mol. The van der Waals surface area contributed by atoms with Crippen LogP contribution in [0.3, 0.4) is 0 Å². The third-order valence-corrected chi connectivity index (χ3v) is 5.64. The van der Waals surface area contributed by atoms with Gasteiger partial charge >= 0.3 is 0 Å². The van der Waals surface area contributed by atoms with Crippen molar-refractivity contribution in [2.24, 2.45) is 0 Å². The maximum absolute atomic E-state index is 2.12. The van der Waals surface area contributed by atoms with Gasteiger partial charge in [0.05, 0.1) is 0 Å². The summed E-state index contributed by atoms with van der Waals surface area (Å²) in [6, 6.07) is 61.6. The van der Waals surface area contributed by atoms with E-state index in [9.17, 15) is 0 Å². The molecule has 0 heteroatoms. The molecule has 0 nitrogen and oxygen atoms in total. The highest BCUT2D eigenvalue weighted by Gasteiger charge is 1.75. The maximum atomic E-state index is 2.12. The number of aryl methyl sites for hydroxylation is 6. The first kappa shape index (κ1) is 67.1. The van der Waals surface area contributed by atoms with Crippen molar-refractivity contribution < 1.29 is 0 Å². The van der Waals surface area contributed by atoms with Crippen LogP contribution < -0.4 is 0 Å². The van der Waals surface area contributed by atoms with E-state index in [4.69, 9.17) is 0 Å². The van der Waals surface area contributed by atoms with Crippen LogP contribution in [0.2, 0.25) is 0 Å². The van der Waals surface area contributed by atoms with Gasteiger partial charge in [-0.15, -0.1) is 0 Å². The molecule has 0 heterocycles. The van der Waals surface area contributed by atoms with E-state index < -0.39 is 0 Å². The lowest BCUT2D eigenvalue weighted by Gasteiger charge is -1.82. The van der Waals surface area contributed by atoms with Gasteiger partial charge in [0, 0.05) is 0 Å². The first-order valence-corrected chi connectivity index (χ1v) is 21.9. The van der Waals surface area contributed by atoms with Crippen molar-refractivity contribution >= 4 is 0 Å². The third kappa shape index (κ3) is 66.5. The van der Waals surface area contributed by atoms with Crippen molar-refractivity contribution in [2.75, 3.05) is 0 Å². The van der Waals surface area contributed by atoms with Crippen LogP contribution in [-0.2, 0) is 0 Å². The van der Waals surface area contributed by atoms with Gasteiger partial charge in [-0.3, -0.25) is 0 Å². The largest absolute Gasteiger partial charge is 0.0683 e. The first-order valence-electron chi connectivity index (χ1n) is 21.9. The van der Waals surface area contributed by atoms with Crippen molar-refractivity contribution in [1.82, 2.24) is 0 Å². The zero-order chi connectivity index (χ0) is 45.4. The van der Waals surface area contributed by atoms with E-state index in [2.05, 4.69) is 128 Å². The molecule has 0 aromatic heterocycles. The Labute approximate surface area is 358 Å². The number of rotatable bonds is 0. The lowest BCUT2D eigenvalue weighted by atomic mass is 10.2. The molecule has 6 aromatic rings. The Kier molecular flexibility index (Phi) is 77.9. The summed E-state index contributed by atoms with van der Waals surface area (Å²) in [4.78, 5) is 0. The highest BCUT2D eigenvalue weighted by atomic mass is 13.8. The molecule has 0 amide bonds. The average molecular weight is 777 g/mol. The number of hydrogen-bond donors (Lipinski definition) is 0. The van der Waals surface area contributed by atoms with Gasteiger partial charge in [-0.1, -0.05) is 319 Å². The van der Waals surface area contributed by atoms with Gasteiger partial charge in [0.2, 0.25) is 0 Å². The van der Waals surface area contributed by atoms with Gasteiger partial charge < -0.3 is 0 Å². The molecule has 0 aliphatic heterocycles. The van der Waals surface area contributed by atoms with Crippen LogP contribution in [0.25, 0.3) is 0 Å². The van der Waals surface area contributed by atoms with E-state index in [1.54, 1.807) is 0 Å². The summed E-state index contributed by atoms with van der Waals surface area (Å²) in [5.41, 5.74) is 7.93. The van der Waals surface area contributed by atoms with E-state index >= 15 is 0 Å². The lowest BCUT2D eigenvalue weighted by Crippen LogP contribution is -1.62.